The molecule has 2 fully saturated rings. The second-order valence-corrected chi connectivity index (χ2v) is 14.1. The van der Waals surface area contributed by atoms with Crippen LogP contribution in [-0.4, -0.2) is 83.5 Å². The number of carbonyl (C=O) groups excluding carboxylic acids is 2. The maximum absolute atomic E-state index is 13.3. The van der Waals surface area contributed by atoms with E-state index in [0.717, 1.165) is 72.6 Å². The average Bonchev–Trinajstić information content (AvgIpc) is 3.65. The highest BCUT2D eigenvalue weighted by Gasteiger charge is 2.30. The molecule has 4 N–H and O–H groups in total. The van der Waals surface area contributed by atoms with E-state index in [1.54, 1.807) is 7.11 Å². The third-order valence-electron chi connectivity index (χ3n) is 8.83. The molecule has 0 aromatic heterocycles. The number of methoxy groups -OCH3 is 1. The summed E-state index contributed by atoms with van der Waals surface area (Å²) in [5, 5.41) is 6.03. The smallest absolute Gasteiger partial charge is 0.323 e. The van der Waals surface area contributed by atoms with Crippen molar-refractivity contribution in [1.82, 2.24) is 14.5 Å². The Morgan fingerprint density at radius 3 is 2.53 bits per heavy atom. The number of benzene rings is 2. The number of hydrogen-bond donors (Lipinski definition) is 4. The van der Waals surface area contributed by atoms with Crippen LogP contribution in [0.25, 0.3) is 0 Å². The van der Waals surface area contributed by atoms with E-state index in [0.29, 0.717) is 43.5 Å². The first-order valence-electron chi connectivity index (χ1n) is 15.9. The molecule has 246 valence electrons. The van der Waals surface area contributed by atoms with Crippen LogP contribution < -0.4 is 24.8 Å². The van der Waals surface area contributed by atoms with E-state index >= 15 is 0 Å². The van der Waals surface area contributed by atoms with Crippen LogP contribution in [0.3, 0.4) is 0 Å². The lowest BCUT2D eigenvalue weighted by Crippen LogP contribution is -2.51. The quantitative estimate of drug-likeness (QED) is 0.240. The van der Waals surface area contributed by atoms with Gasteiger partial charge in [0.25, 0.3) is 0 Å². The molecule has 0 spiro atoms. The molecular formula is C33H47N5O6S. The highest BCUT2D eigenvalue weighted by molar-refractivity contribution is 7.77. The second kappa shape index (κ2) is 14.5. The largest absolute Gasteiger partial charge is 0.494 e. The Morgan fingerprint density at radius 2 is 1.84 bits per heavy atom. The molecule has 3 amide bonds. The van der Waals surface area contributed by atoms with Gasteiger partial charge in [-0.05, 0) is 90.3 Å². The fourth-order valence-corrected chi connectivity index (χ4v) is 6.43. The van der Waals surface area contributed by atoms with Crippen molar-refractivity contribution in [2.75, 3.05) is 63.6 Å². The van der Waals surface area contributed by atoms with Gasteiger partial charge in [-0.1, -0.05) is 26.8 Å². The Bertz CT molecular complexity index is 1420. The van der Waals surface area contributed by atoms with Gasteiger partial charge in [-0.15, -0.1) is 0 Å². The number of hydrogen-bond acceptors (Lipinski definition) is 6. The van der Waals surface area contributed by atoms with E-state index in [9.17, 15) is 13.8 Å². The molecule has 5 rings (SSSR count). The maximum Gasteiger partial charge on any atom is 0.323 e. The van der Waals surface area contributed by atoms with Crippen molar-refractivity contribution in [3.8, 4) is 11.5 Å². The number of nitrogens with zero attached hydrogens (tertiary/aromatic N) is 2. The molecular weight excluding hydrogens is 594 g/mol. The number of urea groups is 1. The number of piperazine rings is 1. The fourth-order valence-electron chi connectivity index (χ4n) is 6.15. The van der Waals surface area contributed by atoms with Crippen molar-refractivity contribution in [2.24, 2.45) is 5.92 Å². The Balaban J connectivity index is 1.22. The van der Waals surface area contributed by atoms with Gasteiger partial charge in [0.15, 0.2) is 0 Å². The van der Waals surface area contributed by atoms with Gasteiger partial charge in [0.05, 0.1) is 19.3 Å². The number of fused-ring (bicyclic) bond motifs is 1. The van der Waals surface area contributed by atoms with Crippen LogP contribution in [-0.2, 0) is 40.7 Å². The maximum atomic E-state index is 13.3. The first-order valence-corrected chi connectivity index (χ1v) is 17.0. The molecule has 3 aliphatic rings. The van der Waals surface area contributed by atoms with Crippen molar-refractivity contribution in [3.05, 3.63) is 46.5 Å². The summed E-state index contributed by atoms with van der Waals surface area (Å²) >= 11 is -2.11. The van der Waals surface area contributed by atoms with Crippen LogP contribution in [0.4, 0.5) is 16.2 Å². The first-order chi connectivity index (χ1) is 21.5. The van der Waals surface area contributed by atoms with E-state index in [1.165, 1.54) is 12.8 Å². The van der Waals surface area contributed by atoms with Gasteiger partial charge in [-0.25, -0.2) is 13.7 Å². The predicted molar refractivity (Wildman–Crippen MR) is 177 cm³/mol. The monoisotopic (exact) mass is 641 g/mol. The number of anilines is 2. The summed E-state index contributed by atoms with van der Waals surface area (Å²) in [5.41, 5.74) is 5.14. The van der Waals surface area contributed by atoms with Crippen molar-refractivity contribution in [2.45, 2.75) is 64.7 Å². The van der Waals surface area contributed by atoms with E-state index < -0.39 is 11.3 Å². The molecule has 12 heteroatoms. The van der Waals surface area contributed by atoms with E-state index in [-0.39, 0.29) is 23.9 Å². The van der Waals surface area contributed by atoms with Gasteiger partial charge >= 0.3 is 6.03 Å². The summed E-state index contributed by atoms with van der Waals surface area (Å²) < 4.78 is 34.7. The lowest BCUT2D eigenvalue weighted by Gasteiger charge is -2.34. The van der Waals surface area contributed by atoms with Crippen molar-refractivity contribution in [3.63, 3.8) is 0 Å². The third kappa shape index (κ3) is 8.75. The van der Waals surface area contributed by atoms with Crippen molar-refractivity contribution in [1.29, 1.82) is 0 Å². The minimum Gasteiger partial charge on any atom is -0.494 e. The number of amides is 3. The van der Waals surface area contributed by atoms with Gasteiger partial charge in [0, 0.05) is 38.4 Å². The average molecular weight is 642 g/mol. The molecule has 1 aliphatic heterocycles. The van der Waals surface area contributed by atoms with Crippen LogP contribution in [0.15, 0.2) is 24.3 Å². The minimum absolute atomic E-state index is 0.197. The van der Waals surface area contributed by atoms with Gasteiger partial charge in [0.1, 0.15) is 18.1 Å². The Morgan fingerprint density at radius 1 is 1.09 bits per heavy atom. The summed E-state index contributed by atoms with van der Waals surface area (Å²) in [5.74, 6) is 2.29. The molecule has 2 aromatic carbocycles. The molecule has 1 saturated carbocycles. The Labute approximate surface area is 268 Å². The van der Waals surface area contributed by atoms with Crippen LogP contribution >= 0.6 is 0 Å². The SMILES string of the molecule is COc1c(CCNS(=O)O)cc(C(C)(C)C)cc1NC(=O)Nc1ccc(OCCN2CCN(CC3CC3)C(=O)C2)c2c1CCC2. The summed E-state index contributed by atoms with van der Waals surface area (Å²) in [4.78, 5) is 30.1. The van der Waals surface area contributed by atoms with Crippen molar-refractivity contribution >= 4 is 34.6 Å². The normalized spacial score (nSPS) is 17.6. The lowest BCUT2D eigenvalue weighted by atomic mass is 9.85. The summed E-state index contributed by atoms with van der Waals surface area (Å²) in [6.07, 6.45) is 5.67. The molecule has 1 atom stereocenters. The molecule has 11 nitrogen and oxygen atoms in total. The fraction of sp³-hybridized carbons (Fsp3) is 0.576. The molecule has 2 aromatic rings. The summed E-state index contributed by atoms with van der Waals surface area (Å²) in [7, 11) is 1.55. The lowest BCUT2D eigenvalue weighted by molar-refractivity contribution is -0.136. The van der Waals surface area contributed by atoms with Gasteiger partial charge in [-0.2, -0.15) is 0 Å². The zero-order valence-corrected chi connectivity index (χ0v) is 27.7. The van der Waals surface area contributed by atoms with E-state index in [1.807, 2.05) is 29.2 Å². The number of carbonyl (C=O) groups is 2. The number of ether oxygens (including phenoxy) is 2. The topological polar surface area (TPSA) is 132 Å². The van der Waals surface area contributed by atoms with Crippen molar-refractivity contribution < 1.29 is 27.8 Å². The summed E-state index contributed by atoms with van der Waals surface area (Å²) in [6.45, 7) is 10.8. The predicted octanol–water partition coefficient (Wildman–Crippen LogP) is 4.33. The Kier molecular flexibility index (Phi) is 10.7. The molecule has 1 saturated heterocycles. The second-order valence-electron chi connectivity index (χ2n) is 13.3. The van der Waals surface area contributed by atoms with Crippen LogP contribution in [0.1, 0.15) is 62.3 Å². The van der Waals surface area contributed by atoms with Crippen LogP contribution in [0.5, 0.6) is 11.5 Å². The van der Waals surface area contributed by atoms with E-state index in [4.69, 9.17) is 14.0 Å². The Hall–Kier alpha value is -3.19. The standard InChI is InChI=1S/C33H47N5O6S/c1-33(2,3)24-18-23(12-13-34-45(41)42)31(43-4)28(19-24)36-32(40)35-27-10-11-29(26-7-5-6-25(26)27)44-17-16-37-14-15-38(30(39)21-37)20-22-8-9-22/h10-11,18-19,22,34H,5-9,12-17,20-21H2,1-4H3,(H,41,42)(H2,35,36,40). The molecule has 2 aliphatic carbocycles. The molecule has 1 heterocycles. The zero-order chi connectivity index (χ0) is 32.1. The molecule has 0 radical (unpaired) electrons. The first kappa shape index (κ1) is 33.2. The van der Waals surface area contributed by atoms with Crippen LogP contribution in [0, 0.1) is 5.92 Å². The van der Waals surface area contributed by atoms with E-state index in [2.05, 4.69) is 41.0 Å². The molecule has 1 unspecified atom stereocenters. The minimum atomic E-state index is -2.11. The number of nitrogens with one attached hydrogen (secondary N) is 3. The highest BCUT2D eigenvalue weighted by atomic mass is 32.2. The molecule has 45 heavy (non-hydrogen) atoms. The third-order valence-corrected chi connectivity index (χ3v) is 9.28. The van der Waals surface area contributed by atoms with Gasteiger partial charge in [-0.3, -0.25) is 14.2 Å². The van der Waals surface area contributed by atoms with Crippen LogP contribution in [0.2, 0.25) is 0 Å². The number of rotatable bonds is 13. The molecule has 0 bridgehead atoms. The highest BCUT2D eigenvalue weighted by Crippen LogP contribution is 2.38. The van der Waals surface area contributed by atoms with Gasteiger partial charge < -0.3 is 25.0 Å². The summed E-state index contributed by atoms with van der Waals surface area (Å²) in [6, 6.07) is 7.38. The van der Waals surface area contributed by atoms with Gasteiger partial charge in [0.2, 0.25) is 17.2 Å². The zero-order valence-electron chi connectivity index (χ0n) is 26.9.